The van der Waals surface area contributed by atoms with Crippen LogP contribution in [-0.4, -0.2) is 0 Å². The molecular weight excluding hydrogens is 199 g/mol. The van der Waals surface area contributed by atoms with Crippen LogP contribution in [0, 0.1) is 18.2 Å². The molecule has 0 nitrogen and oxygen atoms in total. The van der Waals surface area contributed by atoms with E-state index in [-0.39, 0.29) is 5.82 Å². The summed E-state index contributed by atoms with van der Waals surface area (Å²) in [5.41, 5.74) is 1.19. The van der Waals surface area contributed by atoms with Gasteiger partial charge in [0.2, 0.25) is 0 Å². The molecule has 0 spiro atoms. The largest absolute Gasteiger partial charge is 0.206 e. The maximum atomic E-state index is 13.5. The number of allylic oxidation sites excluding steroid dienone is 1. The molecule has 0 aliphatic heterocycles. The van der Waals surface area contributed by atoms with Gasteiger partial charge in [-0.1, -0.05) is 43.9 Å². The Morgan fingerprint density at radius 1 is 1.38 bits per heavy atom. The Balaban J connectivity index is 2.57. The van der Waals surface area contributed by atoms with E-state index in [1.807, 2.05) is 12.2 Å². The highest BCUT2D eigenvalue weighted by Gasteiger charge is 1.98. The summed E-state index contributed by atoms with van der Waals surface area (Å²) in [5, 5.41) is 0. The molecule has 1 heteroatoms. The molecule has 1 rings (SSSR count). The molecule has 0 aliphatic carbocycles. The summed E-state index contributed by atoms with van der Waals surface area (Å²) in [6, 6.07) is 4.88. The van der Waals surface area contributed by atoms with E-state index in [1.54, 1.807) is 12.1 Å². The standard InChI is InChI=1S/C15H17F/c1-3-5-6-7-8-9-14-11-10-13(4-2)12-15(14)16/h2,8-12H,3,5-7H2,1H3. The number of benzene rings is 1. The molecule has 16 heavy (non-hydrogen) atoms. The number of terminal acetylenes is 1. The summed E-state index contributed by atoms with van der Waals surface area (Å²) in [6.45, 7) is 2.17. The topological polar surface area (TPSA) is 0 Å². The van der Waals surface area contributed by atoms with Crippen LogP contribution in [0.1, 0.15) is 43.7 Å². The summed E-state index contributed by atoms with van der Waals surface area (Å²) >= 11 is 0. The fraction of sp³-hybridized carbons (Fsp3) is 0.333. The Kier molecular flexibility index (Phi) is 5.36. The Bertz CT molecular complexity index is 396. The highest BCUT2D eigenvalue weighted by atomic mass is 19.1. The third-order valence-corrected chi connectivity index (χ3v) is 2.44. The Morgan fingerprint density at radius 3 is 2.81 bits per heavy atom. The van der Waals surface area contributed by atoms with E-state index in [4.69, 9.17) is 6.42 Å². The summed E-state index contributed by atoms with van der Waals surface area (Å²) < 4.78 is 13.5. The fourth-order valence-corrected chi connectivity index (χ4v) is 1.47. The lowest BCUT2D eigenvalue weighted by Gasteiger charge is -1.98. The van der Waals surface area contributed by atoms with Crippen molar-refractivity contribution in [1.82, 2.24) is 0 Å². The van der Waals surface area contributed by atoms with Crippen LogP contribution in [0.4, 0.5) is 4.39 Å². The normalized spacial score (nSPS) is 10.6. The Labute approximate surface area is 97.2 Å². The first-order valence-electron chi connectivity index (χ1n) is 5.70. The van der Waals surface area contributed by atoms with Crippen LogP contribution >= 0.6 is 0 Å². The minimum Gasteiger partial charge on any atom is -0.206 e. The highest BCUT2D eigenvalue weighted by Crippen LogP contribution is 2.12. The number of unbranched alkanes of at least 4 members (excludes halogenated alkanes) is 3. The fourth-order valence-electron chi connectivity index (χ4n) is 1.47. The van der Waals surface area contributed by atoms with Crippen LogP contribution in [0.15, 0.2) is 24.3 Å². The van der Waals surface area contributed by atoms with Crippen LogP contribution in [0.2, 0.25) is 0 Å². The minimum atomic E-state index is -0.248. The molecule has 0 radical (unpaired) electrons. The van der Waals surface area contributed by atoms with Crippen LogP contribution in [0.3, 0.4) is 0 Å². The summed E-state index contributed by atoms with van der Waals surface area (Å²) in [4.78, 5) is 0. The maximum Gasteiger partial charge on any atom is 0.131 e. The quantitative estimate of drug-likeness (QED) is 0.505. The summed E-state index contributed by atoms with van der Waals surface area (Å²) in [7, 11) is 0. The predicted octanol–water partition coefficient (Wildman–Crippen LogP) is 4.40. The van der Waals surface area contributed by atoms with Gasteiger partial charge >= 0.3 is 0 Å². The molecule has 0 atom stereocenters. The van der Waals surface area contributed by atoms with E-state index >= 15 is 0 Å². The van der Waals surface area contributed by atoms with Crippen molar-refractivity contribution < 1.29 is 4.39 Å². The maximum absolute atomic E-state index is 13.5. The van der Waals surface area contributed by atoms with E-state index in [0.717, 1.165) is 12.8 Å². The van der Waals surface area contributed by atoms with E-state index < -0.39 is 0 Å². The lowest BCUT2D eigenvalue weighted by molar-refractivity contribution is 0.624. The molecular formula is C15H17F. The van der Waals surface area contributed by atoms with Gasteiger partial charge in [0.25, 0.3) is 0 Å². The molecule has 0 fully saturated rings. The zero-order valence-electron chi connectivity index (χ0n) is 9.67. The highest BCUT2D eigenvalue weighted by molar-refractivity contribution is 5.52. The van der Waals surface area contributed by atoms with Gasteiger partial charge in [0.05, 0.1) is 0 Å². The molecule has 84 valence electrons. The number of hydrogen-bond acceptors (Lipinski definition) is 0. The third kappa shape index (κ3) is 3.90. The smallest absolute Gasteiger partial charge is 0.131 e. The first-order chi connectivity index (χ1) is 7.77. The van der Waals surface area contributed by atoms with Crippen molar-refractivity contribution >= 4 is 6.08 Å². The van der Waals surface area contributed by atoms with Crippen LogP contribution < -0.4 is 0 Å². The monoisotopic (exact) mass is 216 g/mol. The molecule has 0 N–H and O–H groups in total. The zero-order chi connectivity index (χ0) is 11.8. The van der Waals surface area contributed by atoms with Crippen molar-refractivity contribution in [3.63, 3.8) is 0 Å². The van der Waals surface area contributed by atoms with Gasteiger partial charge < -0.3 is 0 Å². The molecule has 0 bridgehead atoms. The Hall–Kier alpha value is -1.55. The third-order valence-electron chi connectivity index (χ3n) is 2.44. The molecule has 1 aromatic carbocycles. The second-order valence-corrected chi connectivity index (χ2v) is 3.78. The number of hydrogen-bond donors (Lipinski definition) is 0. The van der Waals surface area contributed by atoms with Gasteiger partial charge in [-0.25, -0.2) is 4.39 Å². The number of halogens is 1. The van der Waals surface area contributed by atoms with E-state index in [9.17, 15) is 4.39 Å². The van der Waals surface area contributed by atoms with Crippen LogP contribution in [0.25, 0.3) is 6.08 Å². The predicted molar refractivity (Wildman–Crippen MR) is 67.5 cm³/mol. The summed E-state index contributed by atoms with van der Waals surface area (Å²) in [5.74, 6) is 2.17. The second kappa shape index (κ2) is 6.85. The number of rotatable bonds is 5. The molecule has 0 saturated heterocycles. The van der Waals surface area contributed by atoms with Crippen molar-refractivity contribution in [3.05, 3.63) is 41.2 Å². The van der Waals surface area contributed by atoms with Gasteiger partial charge in [-0.2, -0.15) is 0 Å². The van der Waals surface area contributed by atoms with Crippen LogP contribution in [0.5, 0.6) is 0 Å². The van der Waals surface area contributed by atoms with Gasteiger partial charge in [-0.15, -0.1) is 6.42 Å². The van der Waals surface area contributed by atoms with Crippen LogP contribution in [-0.2, 0) is 0 Å². The van der Waals surface area contributed by atoms with Crippen molar-refractivity contribution in [2.24, 2.45) is 0 Å². The van der Waals surface area contributed by atoms with Gasteiger partial charge in [-0.3, -0.25) is 0 Å². The SMILES string of the molecule is C#Cc1ccc(C=CCCCCC)c(F)c1. The zero-order valence-corrected chi connectivity index (χ0v) is 9.67. The van der Waals surface area contributed by atoms with Gasteiger partial charge in [0.1, 0.15) is 5.82 Å². The Morgan fingerprint density at radius 2 is 2.19 bits per heavy atom. The molecule has 0 amide bonds. The minimum absolute atomic E-state index is 0.248. The van der Waals surface area contributed by atoms with E-state index in [1.165, 1.54) is 18.9 Å². The molecule has 0 unspecified atom stereocenters. The first kappa shape index (κ1) is 12.5. The molecule has 0 aliphatic rings. The van der Waals surface area contributed by atoms with Crippen molar-refractivity contribution in [2.75, 3.05) is 0 Å². The molecule has 1 aromatic rings. The van der Waals surface area contributed by atoms with Gasteiger partial charge in [-0.05, 0) is 25.0 Å². The average molecular weight is 216 g/mol. The van der Waals surface area contributed by atoms with Gasteiger partial charge in [0.15, 0.2) is 0 Å². The lowest BCUT2D eigenvalue weighted by Crippen LogP contribution is -1.84. The molecule has 0 saturated carbocycles. The van der Waals surface area contributed by atoms with Crippen molar-refractivity contribution in [2.45, 2.75) is 32.6 Å². The molecule has 0 heterocycles. The van der Waals surface area contributed by atoms with E-state index in [0.29, 0.717) is 11.1 Å². The van der Waals surface area contributed by atoms with Crippen molar-refractivity contribution in [3.8, 4) is 12.3 Å². The summed E-state index contributed by atoms with van der Waals surface area (Å²) in [6.07, 6.45) is 13.6. The first-order valence-corrected chi connectivity index (χ1v) is 5.70. The molecule has 0 aromatic heterocycles. The van der Waals surface area contributed by atoms with Gasteiger partial charge in [0, 0.05) is 11.1 Å². The van der Waals surface area contributed by atoms with Crippen molar-refractivity contribution in [1.29, 1.82) is 0 Å². The van der Waals surface area contributed by atoms with E-state index in [2.05, 4.69) is 12.8 Å². The second-order valence-electron chi connectivity index (χ2n) is 3.78. The lowest BCUT2D eigenvalue weighted by atomic mass is 10.1. The average Bonchev–Trinajstić information content (AvgIpc) is 2.30.